The van der Waals surface area contributed by atoms with Gasteiger partial charge in [0.15, 0.2) is 6.35 Å². The van der Waals surface area contributed by atoms with Crippen molar-refractivity contribution < 1.29 is 5.11 Å². The molecule has 4 N–H and O–H groups in total. The molecule has 0 radical (unpaired) electrons. The summed E-state index contributed by atoms with van der Waals surface area (Å²) in [6.45, 7) is 1.64. The Hall–Kier alpha value is -1.26. The Bertz CT molecular complexity index is 285. The Morgan fingerprint density at radius 2 is 2.08 bits per heavy atom. The highest BCUT2D eigenvalue weighted by Gasteiger charge is 2.20. The molecule has 1 aliphatic rings. The standard InChI is InChI=1S/C9H13N3O/c10-7-1-3-8(4-2-7)12-6-5-11-9(12)13/h1-4,9,11,13H,5-6,10H2. The first-order valence-electron chi connectivity index (χ1n) is 4.31. The van der Waals surface area contributed by atoms with E-state index in [4.69, 9.17) is 5.73 Å². The van der Waals surface area contributed by atoms with Crippen LogP contribution in [0.25, 0.3) is 0 Å². The summed E-state index contributed by atoms with van der Waals surface area (Å²) in [7, 11) is 0. The number of nitrogens with zero attached hydrogens (tertiary/aromatic N) is 1. The maximum Gasteiger partial charge on any atom is 0.184 e. The molecule has 1 saturated heterocycles. The van der Waals surface area contributed by atoms with Crippen molar-refractivity contribution in [3.63, 3.8) is 0 Å². The lowest BCUT2D eigenvalue weighted by atomic mass is 10.2. The van der Waals surface area contributed by atoms with Gasteiger partial charge >= 0.3 is 0 Å². The first kappa shape index (κ1) is 8.34. The molecule has 0 spiro atoms. The first-order valence-corrected chi connectivity index (χ1v) is 4.31. The van der Waals surface area contributed by atoms with Gasteiger partial charge in [-0.1, -0.05) is 0 Å². The molecular formula is C9H13N3O. The minimum atomic E-state index is -0.566. The fourth-order valence-corrected chi connectivity index (χ4v) is 1.48. The monoisotopic (exact) mass is 179 g/mol. The van der Waals surface area contributed by atoms with Crippen molar-refractivity contribution in [2.24, 2.45) is 0 Å². The highest BCUT2D eigenvalue weighted by molar-refractivity contribution is 5.53. The average molecular weight is 179 g/mol. The number of nitrogens with two attached hydrogens (primary N) is 1. The average Bonchev–Trinajstić information content (AvgIpc) is 2.53. The molecule has 1 aliphatic heterocycles. The molecule has 0 aromatic heterocycles. The fraction of sp³-hybridized carbons (Fsp3) is 0.333. The second-order valence-electron chi connectivity index (χ2n) is 3.11. The normalized spacial score (nSPS) is 22.2. The number of aliphatic hydroxyl groups excluding tert-OH is 1. The van der Waals surface area contributed by atoms with Crippen molar-refractivity contribution in [3.05, 3.63) is 24.3 Å². The minimum absolute atomic E-state index is 0.566. The number of rotatable bonds is 1. The fourth-order valence-electron chi connectivity index (χ4n) is 1.48. The maximum absolute atomic E-state index is 9.50. The quantitative estimate of drug-likeness (QED) is 0.529. The summed E-state index contributed by atoms with van der Waals surface area (Å²) in [6.07, 6.45) is -0.566. The molecule has 1 atom stereocenters. The number of hydrogen-bond donors (Lipinski definition) is 3. The van der Waals surface area contributed by atoms with Crippen LogP contribution in [0.3, 0.4) is 0 Å². The van der Waals surface area contributed by atoms with Gasteiger partial charge in [0.05, 0.1) is 0 Å². The van der Waals surface area contributed by atoms with Crippen LogP contribution >= 0.6 is 0 Å². The SMILES string of the molecule is Nc1ccc(N2CCNC2O)cc1. The summed E-state index contributed by atoms with van der Waals surface area (Å²) in [5.41, 5.74) is 7.30. The van der Waals surface area contributed by atoms with E-state index in [0.29, 0.717) is 0 Å². The van der Waals surface area contributed by atoms with Gasteiger partial charge in [-0.25, -0.2) is 0 Å². The van der Waals surface area contributed by atoms with Gasteiger partial charge in [0.1, 0.15) is 0 Å². The number of nitrogens with one attached hydrogen (secondary N) is 1. The zero-order valence-corrected chi connectivity index (χ0v) is 7.27. The number of aliphatic hydroxyl groups is 1. The van der Waals surface area contributed by atoms with E-state index in [-0.39, 0.29) is 0 Å². The topological polar surface area (TPSA) is 61.5 Å². The van der Waals surface area contributed by atoms with Crippen molar-refractivity contribution in [3.8, 4) is 0 Å². The van der Waals surface area contributed by atoms with Crippen LogP contribution in [0.15, 0.2) is 24.3 Å². The lowest BCUT2D eigenvalue weighted by molar-refractivity contribution is 0.163. The highest BCUT2D eigenvalue weighted by Crippen LogP contribution is 2.18. The van der Waals surface area contributed by atoms with Crippen LogP contribution in [0.5, 0.6) is 0 Å². The van der Waals surface area contributed by atoms with Gasteiger partial charge in [0, 0.05) is 24.5 Å². The Morgan fingerprint density at radius 1 is 1.38 bits per heavy atom. The smallest absolute Gasteiger partial charge is 0.184 e. The highest BCUT2D eigenvalue weighted by atomic mass is 16.3. The van der Waals surface area contributed by atoms with Crippen LogP contribution in [0.2, 0.25) is 0 Å². The third-order valence-corrected chi connectivity index (χ3v) is 2.20. The van der Waals surface area contributed by atoms with Crippen LogP contribution < -0.4 is 16.0 Å². The van der Waals surface area contributed by atoms with E-state index in [0.717, 1.165) is 24.5 Å². The molecule has 13 heavy (non-hydrogen) atoms. The first-order chi connectivity index (χ1) is 6.27. The zero-order chi connectivity index (χ0) is 9.26. The van der Waals surface area contributed by atoms with Crippen LogP contribution in [0.4, 0.5) is 11.4 Å². The molecule has 0 saturated carbocycles. The predicted octanol–water partition coefficient (Wildman–Crippen LogP) is -0.0457. The van der Waals surface area contributed by atoms with Crippen molar-refractivity contribution >= 4 is 11.4 Å². The molecule has 0 bridgehead atoms. The molecule has 0 aliphatic carbocycles. The summed E-state index contributed by atoms with van der Waals surface area (Å²) in [5, 5.41) is 12.4. The van der Waals surface area contributed by atoms with Gasteiger partial charge in [0.2, 0.25) is 0 Å². The molecule has 1 unspecified atom stereocenters. The van der Waals surface area contributed by atoms with Gasteiger partial charge in [-0.05, 0) is 24.3 Å². The van der Waals surface area contributed by atoms with E-state index in [1.165, 1.54) is 0 Å². The van der Waals surface area contributed by atoms with Gasteiger partial charge in [0.25, 0.3) is 0 Å². The minimum Gasteiger partial charge on any atom is -0.399 e. The van der Waals surface area contributed by atoms with Crippen LogP contribution in [-0.4, -0.2) is 24.5 Å². The summed E-state index contributed by atoms with van der Waals surface area (Å²) in [5.74, 6) is 0. The largest absolute Gasteiger partial charge is 0.399 e. The van der Waals surface area contributed by atoms with Gasteiger partial charge in [-0.15, -0.1) is 0 Å². The maximum atomic E-state index is 9.50. The Morgan fingerprint density at radius 3 is 2.62 bits per heavy atom. The van der Waals surface area contributed by atoms with Crippen LogP contribution in [-0.2, 0) is 0 Å². The number of nitrogen functional groups attached to an aromatic ring is 1. The summed E-state index contributed by atoms with van der Waals surface area (Å²) >= 11 is 0. The molecule has 2 rings (SSSR count). The van der Waals surface area contributed by atoms with Crippen molar-refractivity contribution in [2.75, 3.05) is 23.7 Å². The number of hydrogen-bond acceptors (Lipinski definition) is 4. The summed E-state index contributed by atoms with van der Waals surface area (Å²) < 4.78 is 0. The van der Waals surface area contributed by atoms with Crippen LogP contribution in [0, 0.1) is 0 Å². The van der Waals surface area contributed by atoms with Crippen LogP contribution in [0.1, 0.15) is 0 Å². The van der Waals surface area contributed by atoms with E-state index < -0.39 is 6.35 Å². The molecule has 1 aromatic carbocycles. The zero-order valence-electron chi connectivity index (χ0n) is 7.27. The van der Waals surface area contributed by atoms with E-state index in [9.17, 15) is 5.11 Å². The van der Waals surface area contributed by atoms with Crippen molar-refractivity contribution in [2.45, 2.75) is 6.35 Å². The second kappa shape index (κ2) is 3.24. The van der Waals surface area contributed by atoms with Gasteiger partial charge in [-0.3, -0.25) is 5.32 Å². The third kappa shape index (κ3) is 1.59. The molecule has 1 aromatic rings. The lowest BCUT2D eigenvalue weighted by Crippen LogP contribution is -2.35. The van der Waals surface area contributed by atoms with Gasteiger partial charge < -0.3 is 15.7 Å². The summed E-state index contributed by atoms with van der Waals surface area (Å²) in [6, 6.07) is 7.48. The third-order valence-electron chi connectivity index (χ3n) is 2.20. The lowest BCUT2D eigenvalue weighted by Gasteiger charge is -2.21. The van der Waals surface area contributed by atoms with Crippen molar-refractivity contribution in [1.29, 1.82) is 0 Å². The molecule has 1 fully saturated rings. The predicted molar refractivity (Wildman–Crippen MR) is 52.2 cm³/mol. The van der Waals surface area contributed by atoms with E-state index in [1.807, 2.05) is 29.2 Å². The molecule has 4 nitrogen and oxygen atoms in total. The Labute approximate surface area is 77.0 Å². The number of anilines is 2. The van der Waals surface area contributed by atoms with E-state index >= 15 is 0 Å². The molecule has 0 amide bonds. The van der Waals surface area contributed by atoms with Crippen molar-refractivity contribution in [1.82, 2.24) is 5.32 Å². The Kier molecular flexibility index (Phi) is 2.08. The molecule has 4 heteroatoms. The molecular weight excluding hydrogens is 166 g/mol. The van der Waals surface area contributed by atoms with E-state index in [1.54, 1.807) is 0 Å². The van der Waals surface area contributed by atoms with Gasteiger partial charge in [-0.2, -0.15) is 0 Å². The molecule has 70 valence electrons. The second-order valence-corrected chi connectivity index (χ2v) is 3.11. The Balaban J connectivity index is 2.20. The summed E-state index contributed by atoms with van der Waals surface area (Å²) in [4.78, 5) is 1.89. The number of benzene rings is 1. The van der Waals surface area contributed by atoms with E-state index in [2.05, 4.69) is 5.32 Å². The molecule has 1 heterocycles.